The molecule has 14 heavy (non-hydrogen) atoms. The molecule has 0 aliphatic rings. The van der Waals surface area contributed by atoms with Gasteiger partial charge in [-0.15, -0.1) is 0 Å². The van der Waals surface area contributed by atoms with Crippen LogP contribution in [0.3, 0.4) is 0 Å². The molecule has 0 aliphatic heterocycles. The number of aryl methyl sites for hydroxylation is 1. The summed E-state index contributed by atoms with van der Waals surface area (Å²) in [7, 11) is 0. The van der Waals surface area contributed by atoms with Crippen LogP contribution in [-0.2, 0) is 6.54 Å². The van der Waals surface area contributed by atoms with Crippen molar-refractivity contribution in [3.63, 3.8) is 0 Å². The molecule has 1 heterocycles. The molecular weight excluding hydrogens is 178 g/mol. The maximum atomic E-state index is 8.88. The maximum absolute atomic E-state index is 8.88. The molecule has 4 heteroatoms. The molecule has 0 aromatic carbocycles. The first-order valence-corrected chi connectivity index (χ1v) is 4.70. The summed E-state index contributed by atoms with van der Waals surface area (Å²) in [6, 6.07) is 3.86. The molecule has 1 rings (SSSR count). The highest BCUT2D eigenvalue weighted by Gasteiger charge is 2.02. The van der Waals surface area contributed by atoms with Crippen LogP contribution < -0.4 is 11.1 Å². The fourth-order valence-corrected chi connectivity index (χ4v) is 1.23. The van der Waals surface area contributed by atoms with Gasteiger partial charge in [0.25, 0.3) is 0 Å². The Morgan fingerprint density at radius 3 is 2.86 bits per heavy atom. The number of hydrogen-bond acceptors (Lipinski definition) is 4. The van der Waals surface area contributed by atoms with Gasteiger partial charge in [-0.25, -0.2) is 4.98 Å². The van der Waals surface area contributed by atoms with E-state index in [1.807, 2.05) is 26.0 Å². The van der Waals surface area contributed by atoms with Crippen LogP contribution in [0.2, 0.25) is 0 Å². The summed E-state index contributed by atoms with van der Waals surface area (Å²) >= 11 is 0. The van der Waals surface area contributed by atoms with Gasteiger partial charge in [-0.1, -0.05) is 0 Å². The Labute approximate surface area is 84.2 Å². The molecule has 0 bridgehead atoms. The third-order valence-electron chi connectivity index (χ3n) is 1.92. The highest BCUT2D eigenvalue weighted by atomic mass is 16.3. The standard InChI is InChI=1S/C10H17N3O/c1-7-3-9(5-11)4-10(12-7)13-8(2)6-14/h3-4,8,14H,5-6,11H2,1-2H3,(H,12,13). The Balaban J connectivity index is 2.81. The Kier molecular flexibility index (Phi) is 3.85. The third kappa shape index (κ3) is 2.97. The number of nitrogens with two attached hydrogens (primary N) is 1. The van der Waals surface area contributed by atoms with Crippen molar-refractivity contribution in [2.75, 3.05) is 11.9 Å². The van der Waals surface area contributed by atoms with Crippen molar-refractivity contribution in [2.24, 2.45) is 5.73 Å². The van der Waals surface area contributed by atoms with Crippen LogP contribution in [0.5, 0.6) is 0 Å². The van der Waals surface area contributed by atoms with Crippen molar-refractivity contribution < 1.29 is 5.11 Å². The molecule has 1 unspecified atom stereocenters. The van der Waals surface area contributed by atoms with Gasteiger partial charge in [0.05, 0.1) is 6.61 Å². The summed E-state index contributed by atoms with van der Waals surface area (Å²) in [6.45, 7) is 4.42. The minimum Gasteiger partial charge on any atom is -0.394 e. The first-order chi connectivity index (χ1) is 6.65. The largest absolute Gasteiger partial charge is 0.394 e. The van der Waals surface area contributed by atoms with Crippen molar-refractivity contribution in [3.05, 3.63) is 23.4 Å². The van der Waals surface area contributed by atoms with E-state index in [1.54, 1.807) is 0 Å². The zero-order valence-electron chi connectivity index (χ0n) is 8.62. The van der Waals surface area contributed by atoms with Crippen molar-refractivity contribution in [3.8, 4) is 0 Å². The third-order valence-corrected chi connectivity index (χ3v) is 1.92. The number of pyridine rings is 1. The van der Waals surface area contributed by atoms with Crippen LogP contribution in [0, 0.1) is 6.92 Å². The minimum absolute atomic E-state index is 0.00919. The van der Waals surface area contributed by atoms with E-state index in [2.05, 4.69) is 10.3 Å². The maximum Gasteiger partial charge on any atom is 0.126 e. The number of rotatable bonds is 4. The van der Waals surface area contributed by atoms with E-state index in [1.165, 1.54) is 0 Å². The summed E-state index contributed by atoms with van der Waals surface area (Å²) in [6.07, 6.45) is 0. The first-order valence-electron chi connectivity index (χ1n) is 4.70. The average molecular weight is 195 g/mol. The lowest BCUT2D eigenvalue weighted by Gasteiger charge is -2.12. The van der Waals surface area contributed by atoms with Gasteiger partial charge < -0.3 is 16.2 Å². The van der Waals surface area contributed by atoms with Crippen LogP contribution in [-0.4, -0.2) is 22.7 Å². The topological polar surface area (TPSA) is 71.2 Å². The Morgan fingerprint density at radius 1 is 1.57 bits per heavy atom. The van der Waals surface area contributed by atoms with Gasteiger partial charge in [-0.3, -0.25) is 0 Å². The number of aromatic nitrogens is 1. The summed E-state index contributed by atoms with van der Waals surface area (Å²) in [5.74, 6) is 0.770. The molecule has 0 saturated heterocycles. The van der Waals surface area contributed by atoms with Crippen LogP contribution in [0.25, 0.3) is 0 Å². The van der Waals surface area contributed by atoms with Crippen LogP contribution in [0.1, 0.15) is 18.2 Å². The Morgan fingerprint density at radius 2 is 2.29 bits per heavy atom. The van der Waals surface area contributed by atoms with E-state index in [-0.39, 0.29) is 12.6 Å². The average Bonchev–Trinajstić information content (AvgIpc) is 2.16. The second-order valence-electron chi connectivity index (χ2n) is 3.43. The minimum atomic E-state index is 0.00919. The molecule has 1 aromatic heterocycles. The van der Waals surface area contributed by atoms with Gasteiger partial charge in [0.15, 0.2) is 0 Å². The number of nitrogens with zero attached hydrogens (tertiary/aromatic N) is 1. The molecule has 4 N–H and O–H groups in total. The number of nitrogens with one attached hydrogen (secondary N) is 1. The second-order valence-corrected chi connectivity index (χ2v) is 3.43. The molecule has 1 atom stereocenters. The van der Waals surface area contributed by atoms with E-state index in [4.69, 9.17) is 10.8 Å². The zero-order chi connectivity index (χ0) is 10.6. The molecule has 0 saturated carbocycles. The predicted octanol–water partition coefficient (Wildman–Crippen LogP) is 0.641. The molecule has 0 spiro atoms. The van der Waals surface area contributed by atoms with Crippen molar-refractivity contribution in [2.45, 2.75) is 26.4 Å². The number of anilines is 1. The lowest BCUT2D eigenvalue weighted by atomic mass is 10.2. The van der Waals surface area contributed by atoms with Crippen LogP contribution in [0.4, 0.5) is 5.82 Å². The van der Waals surface area contributed by atoms with Gasteiger partial charge in [0, 0.05) is 18.3 Å². The Bertz CT molecular complexity index is 301. The molecule has 0 aliphatic carbocycles. The number of hydrogen-bond donors (Lipinski definition) is 3. The van der Waals surface area contributed by atoms with E-state index < -0.39 is 0 Å². The van der Waals surface area contributed by atoms with Gasteiger partial charge in [0.2, 0.25) is 0 Å². The normalized spacial score (nSPS) is 12.6. The fourth-order valence-electron chi connectivity index (χ4n) is 1.23. The van der Waals surface area contributed by atoms with Crippen molar-refractivity contribution >= 4 is 5.82 Å². The molecule has 0 fully saturated rings. The van der Waals surface area contributed by atoms with E-state index in [0.717, 1.165) is 17.1 Å². The Hall–Kier alpha value is -1.13. The SMILES string of the molecule is Cc1cc(CN)cc(NC(C)CO)n1. The smallest absolute Gasteiger partial charge is 0.126 e. The fraction of sp³-hybridized carbons (Fsp3) is 0.500. The lowest BCUT2D eigenvalue weighted by molar-refractivity contribution is 0.281. The molecule has 4 nitrogen and oxygen atoms in total. The molecule has 78 valence electrons. The van der Waals surface area contributed by atoms with Gasteiger partial charge in [-0.05, 0) is 31.5 Å². The molecular formula is C10H17N3O. The summed E-state index contributed by atoms with van der Waals surface area (Å²) in [5.41, 5.74) is 7.52. The van der Waals surface area contributed by atoms with Gasteiger partial charge in [-0.2, -0.15) is 0 Å². The zero-order valence-corrected chi connectivity index (χ0v) is 8.62. The van der Waals surface area contributed by atoms with E-state index in [0.29, 0.717) is 6.54 Å². The first kappa shape index (κ1) is 10.9. The van der Waals surface area contributed by atoms with Gasteiger partial charge >= 0.3 is 0 Å². The second kappa shape index (κ2) is 4.93. The molecule has 0 amide bonds. The predicted molar refractivity (Wildman–Crippen MR) is 57.0 cm³/mol. The van der Waals surface area contributed by atoms with E-state index in [9.17, 15) is 0 Å². The summed E-state index contributed by atoms with van der Waals surface area (Å²) < 4.78 is 0. The number of aliphatic hydroxyl groups excluding tert-OH is 1. The summed E-state index contributed by atoms with van der Waals surface area (Å²) in [5, 5.41) is 12.0. The lowest BCUT2D eigenvalue weighted by Crippen LogP contribution is -2.20. The van der Waals surface area contributed by atoms with Crippen molar-refractivity contribution in [1.82, 2.24) is 4.98 Å². The summed E-state index contributed by atoms with van der Waals surface area (Å²) in [4.78, 5) is 4.29. The van der Waals surface area contributed by atoms with E-state index >= 15 is 0 Å². The highest BCUT2D eigenvalue weighted by molar-refractivity contribution is 5.40. The quantitative estimate of drug-likeness (QED) is 0.659. The van der Waals surface area contributed by atoms with Crippen LogP contribution >= 0.6 is 0 Å². The van der Waals surface area contributed by atoms with Gasteiger partial charge in [0.1, 0.15) is 5.82 Å². The van der Waals surface area contributed by atoms with Crippen molar-refractivity contribution in [1.29, 1.82) is 0 Å². The highest BCUT2D eigenvalue weighted by Crippen LogP contribution is 2.10. The monoisotopic (exact) mass is 195 g/mol. The molecule has 0 radical (unpaired) electrons. The molecule has 1 aromatic rings. The number of aliphatic hydroxyl groups is 1. The van der Waals surface area contributed by atoms with Crippen LogP contribution in [0.15, 0.2) is 12.1 Å².